The Kier molecular flexibility index (Phi) is 7.77. The molecule has 2 heteroatoms. The molecule has 0 nitrogen and oxygen atoms in total. The minimum atomic E-state index is 0.0677. The molecule has 0 aliphatic heterocycles. The lowest BCUT2D eigenvalue weighted by molar-refractivity contribution is 0.328. The third-order valence-corrected chi connectivity index (χ3v) is 4.68. The summed E-state index contributed by atoms with van der Waals surface area (Å²) in [5.74, 6) is 1.30. The molecule has 0 saturated heterocycles. The maximum Gasteiger partial charge on any atom is 0.0294 e. The second-order valence-electron chi connectivity index (χ2n) is 5.24. The highest BCUT2D eigenvalue weighted by atomic mass is 35.5. The minimum absolute atomic E-state index is 0.0677. The van der Waals surface area contributed by atoms with Gasteiger partial charge in [-0.3, -0.25) is 0 Å². The summed E-state index contributed by atoms with van der Waals surface area (Å²) in [6, 6.07) is 10.5. The predicted molar refractivity (Wildman–Crippen MR) is 82.8 cm³/mol. The fourth-order valence-corrected chi connectivity index (χ4v) is 3.05. The third kappa shape index (κ3) is 5.20. The summed E-state index contributed by atoms with van der Waals surface area (Å²) in [4.78, 5) is 0. The van der Waals surface area contributed by atoms with Crippen LogP contribution in [-0.2, 0) is 6.42 Å². The summed E-state index contributed by atoms with van der Waals surface area (Å²) in [5, 5.41) is 0. The molecule has 0 bridgehead atoms. The molecular formula is C16H24Cl2. The van der Waals surface area contributed by atoms with Crippen molar-refractivity contribution in [2.45, 2.75) is 45.4 Å². The van der Waals surface area contributed by atoms with Gasteiger partial charge in [0.15, 0.2) is 0 Å². The highest BCUT2D eigenvalue weighted by Gasteiger charge is 2.28. The van der Waals surface area contributed by atoms with E-state index in [1.807, 2.05) is 6.07 Å². The number of benzene rings is 1. The van der Waals surface area contributed by atoms with Crippen molar-refractivity contribution in [1.29, 1.82) is 0 Å². The molecule has 0 N–H and O–H groups in total. The molecule has 0 aromatic heterocycles. The molecule has 0 fully saturated rings. The number of alkyl halides is 2. The molecule has 0 aliphatic carbocycles. The first kappa shape index (κ1) is 15.9. The molecule has 1 aromatic rings. The van der Waals surface area contributed by atoms with Crippen molar-refractivity contribution in [2.75, 3.05) is 11.8 Å². The zero-order chi connectivity index (χ0) is 13.3. The van der Waals surface area contributed by atoms with E-state index in [0.29, 0.717) is 11.8 Å². The van der Waals surface area contributed by atoms with Crippen LogP contribution in [0.3, 0.4) is 0 Å². The normalized spacial score (nSPS) is 11.7. The fraction of sp³-hybridized carbons (Fsp3) is 0.625. The van der Waals surface area contributed by atoms with Crippen LogP contribution in [-0.4, -0.2) is 11.8 Å². The first-order chi connectivity index (χ1) is 8.76. The number of hydrogen-bond acceptors (Lipinski definition) is 0. The quantitative estimate of drug-likeness (QED) is 0.406. The van der Waals surface area contributed by atoms with Crippen molar-refractivity contribution in [3.8, 4) is 0 Å². The van der Waals surface area contributed by atoms with Gasteiger partial charge in [0.05, 0.1) is 0 Å². The van der Waals surface area contributed by atoms with Crippen LogP contribution >= 0.6 is 23.2 Å². The molecule has 1 rings (SSSR count). The molecule has 0 atom stereocenters. The van der Waals surface area contributed by atoms with Crippen LogP contribution in [0, 0.1) is 5.41 Å². The summed E-state index contributed by atoms with van der Waals surface area (Å²) in [6.45, 7) is 2.24. The zero-order valence-corrected chi connectivity index (χ0v) is 12.8. The summed E-state index contributed by atoms with van der Waals surface area (Å²) in [5.41, 5.74) is 1.41. The Morgan fingerprint density at radius 1 is 0.944 bits per heavy atom. The second kappa shape index (κ2) is 8.82. The monoisotopic (exact) mass is 286 g/mol. The molecule has 0 aliphatic rings. The second-order valence-corrected chi connectivity index (χ2v) is 5.77. The Morgan fingerprint density at radius 3 is 2.17 bits per heavy atom. The maximum atomic E-state index is 6.20. The van der Waals surface area contributed by atoms with Gasteiger partial charge >= 0.3 is 0 Å². The molecule has 102 valence electrons. The summed E-state index contributed by atoms with van der Waals surface area (Å²) in [6.07, 6.45) is 7.24. The van der Waals surface area contributed by atoms with Gasteiger partial charge in [-0.25, -0.2) is 0 Å². The maximum absolute atomic E-state index is 6.20. The lowest BCUT2D eigenvalue weighted by atomic mass is 9.80. The smallest absolute Gasteiger partial charge is 0.0294 e. The highest BCUT2D eigenvalue weighted by Crippen LogP contribution is 2.32. The van der Waals surface area contributed by atoms with Gasteiger partial charge in [0, 0.05) is 17.2 Å². The van der Waals surface area contributed by atoms with E-state index in [2.05, 4.69) is 31.2 Å². The van der Waals surface area contributed by atoms with E-state index in [4.69, 9.17) is 23.2 Å². The molecular weight excluding hydrogens is 263 g/mol. The van der Waals surface area contributed by atoms with Crippen molar-refractivity contribution in [2.24, 2.45) is 5.41 Å². The topological polar surface area (TPSA) is 0 Å². The highest BCUT2D eigenvalue weighted by molar-refractivity contribution is 6.21. The van der Waals surface area contributed by atoms with Crippen molar-refractivity contribution in [3.63, 3.8) is 0 Å². The van der Waals surface area contributed by atoms with Gasteiger partial charge in [-0.05, 0) is 18.4 Å². The van der Waals surface area contributed by atoms with Gasteiger partial charge in [0.1, 0.15) is 0 Å². The van der Waals surface area contributed by atoms with Gasteiger partial charge < -0.3 is 0 Å². The molecule has 0 amide bonds. The van der Waals surface area contributed by atoms with Crippen molar-refractivity contribution in [3.05, 3.63) is 35.9 Å². The lowest BCUT2D eigenvalue weighted by Crippen LogP contribution is -2.28. The van der Waals surface area contributed by atoms with Gasteiger partial charge in [0.2, 0.25) is 0 Å². The molecule has 0 saturated carbocycles. The van der Waals surface area contributed by atoms with Crippen LogP contribution < -0.4 is 0 Å². The van der Waals surface area contributed by atoms with Crippen molar-refractivity contribution in [1.82, 2.24) is 0 Å². The zero-order valence-electron chi connectivity index (χ0n) is 11.3. The summed E-state index contributed by atoms with van der Waals surface area (Å²) in [7, 11) is 0. The van der Waals surface area contributed by atoms with Crippen LogP contribution in [0.4, 0.5) is 0 Å². The van der Waals surface area contributed by atoms with Crippen LogP contribution in [0.5, 0.6) is 0 Å². The fourth-order valence-electron chi connectivity index (χ4n) is 2.31. The number of hydrogen-bond donors (Lipinski definition) is 0. The Bertz CT molecular complexity index is 304. The largest absolute Gasteiger partial charge is 0.126 e. The van der Waals surface area contributed by atoms with Crippen LogP contribution in [0.1, 0.15) is 44.6 Å². The van der Waals surface area contributed by atoms with Gasteiger partial charge in [-0.2, -0.15) is 0 Å². The summed E-state index contributed by atoms with van der Waals surface area (Å²) < 4.78 is 0. The number of rotatable bonds is 9. The standard InChI is InChI=1S/C16H24Cl2/c1-2-3-4-8-11-16(13-17,14-18)12-15-9-6-5-7-10-15/h5-7,9-10H,2-4,8,11-14H2,1H3. The van der Waals surface area contributed by atoms with Crippen molar-refractivity contribution >= 4 is 23.2 Å². The van der Waals surface area contributed by atoms with Gasteiger partial charge in [-0.15, -0.1) is 23.2 Å². The van der Waals surface area contributed by atoms with E-state index in [-0.39, 0.29) is 5.41 Å². The minimum Gasteiger partial charge on any atom is -0.126 e. The van der Waals surface area contributed by atoms with Gasteiger partial charge in [0.25, 0.3) is 0 Å². The van der Waals surface area contributed by atoms with E-state index >= 15 is 0 Å². The summed E-state index contributed by atoms with van der Waals surface area (Å²) >= 11 is 12.4. The average Bonchev–Trinajstić information content (AvgIpc) is 2.43. The van der Waals surface area contributed by atoms with E-state index < -0.39 is 0 Å². The van der Waals surface area contributed by atoms with Gasteiger partial charge in [-0.1, -0.05) is 62.9 Å². The molecule has 0 unspecified atom stereocenters. The average molecular weight is 287 g/mol. The Labute approximate surface area is 122 Å². The first-order valence-corrected chi connectivity index (χ1v) is 7.99. The number of halogens is 2. The van der Waals surface area contributed by atoms with Crippen LogP contribution in [0.2, 0.25) is 0 Å². The van der Waals surface area contributed by atoms with E-state index in [0.717, 1.165) is 12.8 Å². The Balaban J connectivity index is 2.56. The Hall–Kier alpha value is -0.200. The number of unbranched alkanes of at least 4 members (excludes halogenated alkanes) is 3. The van der Waals surface area contributed by atoms with Crippen LogP contribution in [0.25, 0.3) is 0 Å². The lowest BCUT2D eigenvalue weighted by Gasteiger charge is -2.30. The SMILES string of the molecule is CCCCCCC(CCl)(CCl)Cc1ccccc1. The molecule has 0 heterocycles. The molecule has 18 heavy (non-hydrogen) atoms. The van der Waals surface area contributed by atoms with E-state index in [9.17, 15) is 0 Å². The Morgan fingerprint density at radius 2 is 1.61 bits per heavy atom. The third-order valence-electron chi connectivity index (χ3n) is 3.55. The van der Waals surface area contributed by atoms with Crippen molar-refractivity contribution < 1.29 is 0 Å². The van der Waals surface area contributed by atoms with Crippen LogP contribution in [0.15, 0.2) is 30.3 Å². The van der Waals surface area contributed by atoms with E-state index in [1.54, 1.807) is 0 Å². The predicted octanol–water partition coefficient (Wildman–Crippen LogP) is 5.66. The molecule has 0 spiro atoms. The molecule has 1 aromatic carbocycles. The van der Waals surface area contributed by atoms with E-state index in [1.165, 1.54) is 31.2 Å². The molecule has 0 radical (unpaired) electrons. The first-order valence-electron chi connectivity index (χ1n) is 6.92.